The van der Waals surface area contributed by atoms with Gasteiger partial charge in [-0.25, -0.2) is 0 Å². The van der Waals surface area contributed by atoms with Crippen molar-refractivity contribution in [2.45, 2.75) is 12.8 Å². The molecular weight excluding hydrogens is 232 g/mol. The fourth-order valence-corrected chi connectivity index (χ4v) is 1.49. The van der Waals surface area contributed by atoms with Crippen LogP contribution in [0.25, 0.3) is 0 Å². The molecule has 0 radical (unpaired) electrons. The van der Waals surface area contributed by atoms with Crippen LogP contribution in [0.15, 0.2) is 24.3 Å². The van der Waals surface area contributed by atoms with Crippen LogP contribution in [0.3, 0.4) is 0 Å². The maximum atomic E-state index is 10.9. The molecule has 0 spiro atoms. The van der Waals surface area contributed by atoms with Crippen molar-refractivity contribution in [2.75, 3.05) is 6.61 Å². The van der Waals surface area contributed by atoms with Crippen molar-refractivity contribution in [3.05, 3.63) is 35.4 Å². The molecule has 0 aliphatic heterocycles. The summed E-state index contributed by atoms with van der Waals surface area (Å²) in [6.45, 7) is 1.56. The molecule has 0 aliphatic carbocycles. The SMILES string of the molecule is Cc1ccc([C@@H](COS(=O)O)C(=O)O)cc1. The van der Waals surface area contributed by atoms with E-state index in [1.807, 2.05) is 6.92 Å². The summed E-state index contributed by atoms with van der Waals surface area (Å²) in [5.41, 5.74) is 1.56. The zero-order valence-electron chi connectivity index (χ0n) is 8.62. The number of benzene rings is 1. The molecule has 16 heavy (non-hydrogen) atoms. The minimum absolute atomic E-state index is 0.332. The fourth-order valence-electron chi connectivity index (χ4n) is 1.24. The number of carbonyl (C=O) groups is 1. The predicted octanol–water partition coefficient (Wildman–Crippen LogP) is 1.32. The molecule has 2 atom stereocenters. The monoisotopic (exact) mass is 244 g/mol. The summed E-state index contributed by atoms with van der Waals surface area (Å²) in [7, 11) is 0. The molecule has 0 amide bonds. The minimum Gasteiger partial charge on any atom is -0.481 e. The Balaban J connectivity index is 2.81. The van der Waals surface area contributed by atoms with Crippen molar-refractivity contribution >= 4 is 17.3 Å². The second kappa shape index (κ2) is 5.74. The van der Waals surface area contributed by atoms with Crippen molar-refractivity contribution in [3.8, 4) is 0 Å². The lowest BCUT2D eigenvalue weighted by Crippen LogP contribution is -2.18. The molecule has 1 rings (SSSR count). The highest BCUT2D eigenvalue weighted by Crippen LogP contribution is 2.17. The van der Waals surface area contributed by atoms with Gasteiger partial charge in [-0.3, -0.25) is 13.5 Å². The van der Waals surface area contributed by atoms with Crippen molar-refractivity contribution in [1.29, 1.82) is 0 Å². The van der Waals surface area contributed by atoms with Crippen LogP contribution in [0.4, 0.5) is 0 Å². The van der Waals surface area contributed by atoms with Gasteiger partial charge in [0.05, 0.1) is 6.61 Å². The summed E-state index contributed by atoms with van der Waals surface area (Å²) in [5.74, 6) is -2.02. The third-order valence-corrected chi connectivity index (χ3v) is 2.45. The Morgan fingerprint density at radius 1 is 1.44 bits per heavy atom. The standard InChI is InChI=1S/C10H12O5S/c1-7-2-4-8(5-3-7)9(10(11)12)6-15-16(13)14/h2-5,9H,6H2,1H3,(H,11,12)(H,13,14)/t9-/m1/s1. The van der Waals surface area contributed by atoms with Gasteiger partial charge >= 0.3 is 17.3 Å². The largest absolute Gasteiger partial charge is 0.481 e. The summed E-state index contributed by atoms with van der Waals surface area (Å²) < 4.78 is 23.1. The van der Waals surface area contributed by atoms with Crippen LogP contribution in [-0.2, 0) is 20.3 Å². The second-order valence-corrected chi connectivity index (χ2v) is 3.97. The van der Waals surface area contributed by atoms with E-state index in [9.17, 15) is 9.00 Å². The van der Waals surface area contributed by atoms with E-state index in [4.69, 9.17) is 9.66 Å². The average Bonchev–Trinajstić information content (AvgIpc) is 2.20. The van der Waals surface area contributed by atoms with Gasteiger partial charge in [-0.15, -0.1) is 0 Å². The van der Waals surface area contributed by atoms with Crippen molar-refractivity contribution in [1.82, 2.24) is 0 Å². The lowest BCUT2D eigenvalue weighted by Gasteiger charge is -2.11. The fraction of sp³-hybridized carbons (Fsp3) is 0.300. The van der Waals surface area contributed by atoms with E-state index < -0.39 is 23.2 Å². The number of hydrogen-bond acceptors (Lipinski definition) is 3. The van der Waals surface area contributed by atoms with E-state index in [1.54, 1.807) is 24.3 Å². The Labute approximate surface area is 95.5 Å². The van der Waals surface area contributed by atoms with E-state index in [1.165, 1.54) is 0 Å². The van der Waals surface area contributed by atoms with Gasteiger partial charge in [-0.1, -0.05) is 29.8 Å². The van der Waals surface area contributed by atoms with E-state index >= 15 is 0 Å². The molecule has 0 aromatic heterocycles. The molecule has 0 heterocycles. The molecule has 0 saturated carbocycles. The first-order valence-corrected chi connectivity index (χ1v) is 5.57. The van der Waals surface area contributed by atoms with Crippen LogP contribution in [-0.4, -0.2) is 26.4 Å². The van der Waals surface area contributed by atoms with Gasteiger partial charge in [0.1, 0.15) is 5.92 Å². The van der Waals surface area contributed by atoms with Crippen molar-refractivity contribution in [3.63, 3.8) is 0 Å². The highest BCUT2D eigenvalue weighted by Gasteiger charge is 2.20. The van der Waals surface area contributed by atoms with Gasteiger partial charge in [-0.2, -0.15) is 4.21 Å². The third kappa shape index (κ3) is 3.73. The topological polar surface area (TPSA) is 83.8 Å². The highest BCUT2D eigenvalue weighted by molar-refractivity contribution is 7.74. The van der Waals surface area contributed by atoms with Gasteiger partial charge in [0.25, 0.3) is 0 Å². The molecule has 2 N–H and O–H groups in total. The predicted molar refractivity (Wildman–Crippen MR) is 58.3 cm³/mol. The van der Waals surface area contributed by atoms with Crippen LogP contribution in [0, 0.1) is 6.92 Å². The minimum atomic E-state index is -2.44. The number of rotatable bonds is 5. The van der Waals surface area contributed by atoms with Crippen LogP contribution in [0.1, 0.15) is 17.0 Å². The summed E-state index contributed by atoms with van der Waals surface area (Å²) >= 11 is -2.44. The second-order valence-electron chi connectivity index (χ2n) is 3.30. The lowest BCUT2D eigenvalue weighted by atomic mass is 9.99. The lowest BCUT2D eigenvalue weighted by molar-refractivity contribution is -0.139. The molecule has 1 aromatic rings. The molecule has 5 nitrogen and oxygen atoms in total. The molecule has 1 aromatic carbocycles. The smallest absolute Gasteiger partial charge is 0.313 e. The zero-order chi connectivity index (χ0) is 12.1. The van der Waals surface area contributed by atoms with E-state index in [-0.39, 0.29) is 6.61 Å². The van der Waals surface area contributed by atoms with Crippen LogP contribution in [0.5, 0.6) is 0 Å². The van der Waals surface area contributed by atoms with Gasteiger partial charge in [0.15, 0.2) is 0 Å². The first-order valence-electron chi connectivity index (χ1n) is 4.54. The number of carboxylic acid groups (broad SMARTS) is 1. The Kier molecular flexibility index (Phi) is 4.60. The average molecular weight is 244 g/mol. The quantitative estimate of drug-likeness (QED) is 0.763. The first-order chi connectivity index (χ1) is 7.50. The van der Waals surface area contributed by atoms with Crippen molar-refractivity contribution < 1.29 is 22.8 Å². The molecule has 1 unspecified atom stereocenters. The number of aryl methyl sites for hydroxylation is 1. The summed E-state index contributed by atoms with van der Waals surface area (Å²) in [5, 5.41) is 8.95. The summed E-state index contributed by atoms with van der Waals surface area (Å²) in [6.07, 6.45) is 0. The van der Waals surface area contributed by atoms with Gasteiger partial charge in [-0.05, 0) is 12.5 Å². The third-order valence-electron chi connectivity index (χ3n) is 2.11. The number of aliphatic carboxylic acids is 1. The van der Waals surface area contributed by atoms with Crippen LogP contribution >= 0.6 is 0 Å². The number of hydrogen-bond donors (Lipinski definition) is 2. The van der Waals surface area contributed by atoms with Crippen LogP contribution in [0.2, 0.25) is 0 Å². The van der Waals surface area contributed by atoms with Crippen molar-refractivity contribution in [2.24, 2.45) is 0 Å². The van der Waals surface area contributed by atoms with E-state index in [0.717, 1.165) is 5.56 Å². The molecule has 88 valence electrons. The van der Waals surface area contributed by atoms with Gasteiger partial charge in [0.2, 0.25) is 0 Å². The molecule has 0 saturated heterocycles. The normalized spacial score (nSPS) is 14.4. The maximum Gasteiger partial charge on any atom is 0.313 e. The van der Waals surface area contributed by atoms with E-state index in [0.29, 0.717) is 5.56 Å². The Bertz CT molecular complexity index is 387. The Morgan fingerprint density at radius 3 is 2.44 bits per heavy atom. The molecule has 0 aliphatic rings. The van der Waals surface area contributed by atoms with Crippen LogP contribution < -0.4 is 0 Å². The van der Waals surface area contributed by atoms with Gasteiger partial charge < -0.3 is 5.11 Å². The summed E-state index contributed by atoms with van der Waals surface area (Å²) in [6, 6.07) is 6.89. The molecule has 0 fully saturated rings. The summed E-state index contributed by atoms with van der Waals surface area (Å²) in [4.78, 5) is 10.9. The Hall–Kier alpha value is -1.24. The molecular formula is C10H12O5S. The van der Waals surface area contributed by atoms with Gasteiger partial charge in [0, 0.05) is 0 Å². The highest BCUT2D eigenvalue weighted by atomic mass is 32.2. The zero-order valence-corrected chi connectivity index (χ0v) is 9.44. The maximum absolute atomic E-state index is 10.9. The number of carboxylic acids is 1. The Morgan fingerprint density at radius 2 is 2.00 bits per heavy atom. The molecule has 6 heteroatoms. The molecule has 0 bridgehead atoms. The first kappa shape index (κ1) is 12.8. The van der Waals surface area contributed by atoms with E-state index in [2.05, 4.69) is 4.18 Å².